The van der Waals surface area contributed by atoms with Gasteiger partial charge in [0, 0.05) is 12.7 Å². The predicted molar refractivity (Wildman–Crippen MR) is 90.6 cm³/mol. The van der Waals surface area contributed by atoms with Crippen LogP contribution in [0.15, 0.2) is 48.7 Å². The van der Waals surface area contributed by atoms with Gasteiger partial charge in [0.25, 0.3) is 0 Å². The number of rotatable bonds is 3. The van der Waals surface area contributed by atoms with Crippen molar-refractivity contribution in [3.63, 3.8) is 0 Å². The molecule has 0 spiro atoms. The van der Waals surface area contributed by atoms with Crippen molar-refractivity contribution in [1.29, 1.82) is 0 Å². The number of carbonyl (C=O) groups is 1. The largest absolute Gasteiger partial charge is 0.445 e. The number of amides is 1. The van der Waals surface area contributed by atoms with Gasteiger partial charge in [-0.1, -0.05) is 48.0 Å². The number of piperidine rings is 1. The number of pyridine rings is 1. The molecule has 126 valence electrons. The molecule has 1 aliphatic heterocycles. The van der Waals surface area contributed by atoms with Gasteiger partial charge >= 0.3 is 6.09 Å². The number of likely N-dealkylation sites (tertiary alicyclic amines) is 1. The lowest BCUT2D eigenvalue weighted by atomic mass is 9.95. The maximum Gasteiger partial charge on any atom is 0.410 e. The number of nitrogens with zero attached hydrogens (tertiary/aromatic N) is 2. The molecule has 1 saturated heterocycles. The maximum atomic E-state index is 12.5. The number of aliphatic hydroxyl groups excluding tert-OH is 1. The molecule has 3 rings (SSSR count). The van der Waals surface area contributed by atoms with E-state index in [1.54, 1.807) is 17.2 Å². The summed E-state index contributed by atoms with van der Waals surface area (Å²) in [6.45, 7) is 0.673. The van der Waals surface area contributed by atoms with Crippen molar-refractivity contribution in [2.45, 2.75) is 31.6 Å². The summed E-state index contributed by atoms with van der Waals surface area (Å²) in [7, 11) is 0. The molecule has 1 aromatic heterocycles. The van der Waals surface area contributed by atoms with E-state index in [0.29, 0.717) is 24.5 Å². The molecular formula is C18H19ClN2O3. The van der Waals surface area contributed by atoms with Crippen LogP contribution in [-0.4, -0.2) is 33.7 Å². The van der Waals surface area contributed by atoms with Gasteiger partial charge in [0.1, 0.15) is 11.8 Å². The molecule has 0 radical (unpaired) electrons. The first kappa shape index (κ1) is 16.7. The topological polar surface area (TPSA) is 62.7 Å². The number of carbonyl (C=O) groups excluding carboxylic acids is 1. The number of aliphatic hydroxyl groups is 1. The zero-order chi connectivity index (χ0) is 16.9. The van der Waals surface area contributed by atoms with Gasteiger partial charge < -0.3 is 14.7 Å². The third-order valence-electron chi connectivity index (χ3n) is 4.15. The Morgan fingerprint density at radius 2 is 2.08 bits per heavy atom. The molecule has 2 unspecified atom stereocenters. The van der Waals surface area contributed by atoms with Crippen LogP contribution in [0.25, 0.3) is 0 Å². The van der Waals surface area contributed by atoms with E-state index in [-0.39, 0.29) is 18.7 Å². The van der Waals surface area contributed by atoms with E-state index in [1.165, 1.54) is 0 Å². The number of ether oxygens (including phenoxy) is 1. The van der Waals surface area contributed by atoms with Crippen molar-refractivity contribution in [2.24, 2.45) is 0 Å². The summed E-state index contributed by atoms with van der Waals surface area (Å²) in [6, 6.07) is 12.8. The Morgan fingerprint density at radius 3 is 2.79 bits per heavy atom. The standard InChI is InChI=1S/C18H19ClN2O3/c19-17-7-6-14(11-20-17)16-10-15(22)8-9-21(16)18(23)24-12-13-4-2-1-3-5-13/h1-7,11,15-16,22H,8-10,12H2. The highest BCUT2D eigenvalue weighted by Crippen LogP contribution is 2.31. The molecular weight excluding hydrogens is 328 g/mol. The first-order valence-corrected chi connectivity index (χ1v) is 8.28. The zero-order valence-corrected chi connectivity index (χ0v) is 13.9. The molecule has 2 atom stereocenters. The highest BCUT2D eigenvalue weighted by atomic mass is 35.5. The summed E-state index contributed by atoms with van der Waals surface area (Å²) in [6.07, 6.45) is 1.82. The summed E-state index contributed by atoms with van der Waals surface area (Å²) in [5, 5.41) is 10.4. The third-order valence-corrected chi connectivity index (χ3v) is 4.37. The fraction of sp³-hybridized carbons (Fsp3) is 0.333. The SMILES string of the molecule is O=C(OCc1ccccc1)N1CCC(O)CC1c1ccc(Cl)nc1. The molecule has 1 aromatic carbocycles. The summed E-state index contributed by atoms with van der Waals surface area (Å²) in [5.41, 5.74) is 1.78. The van der Waals surface area contributed by atoms with Gasteiger partial charge in [0.15, 0.2) is 0 Å². The molecule has 2 aromatic rings. The van der Waals surface area contributed by atoms with E-state index >= 15 is 0 Å². The number of hydrogen-bond donors (Lipinski definition) is 1. The molecule has 1 aliphatic rings. The molecule has 6 heteroatoms. The minimum atomic E-state index is -0.441. The molecule has 5 nitrogen and oxygen atoms in total. The molecule has 0 aliphatic carbocycles. The number of aromatic nitrogens is 1. The van der Waals surface area contributed by atoms with Gasteiger partial charge in [-0.2, -0.15) is 0 Å². The molecule has 0 saturated carbocycles. The predicted octanol–water partition coefficient (Wildman–Crippen LogP) is 3.57. The van der Waals surface area contributed by atoms with Gasteiger partial charge in [-0.15, -0.1) is 0 Å². The zero-order valence-electron chi connectivity index (χ0n) is 13.1. The van der Waals surface area contributed by atoms with Crippen molar-refractivity contribution in [3.05, 3.63) is 64.9 Å². The summed E-state index contributed by atoms with van der Waals surface area (Å²) in [4.78, 5) is 18.2. The highest BCUT2D eigenvalue weighted by molar-refractivity contribution is 6.29. The minimum absolute atomic E-state index is 0.227. The average molecular weight is 347 g/mol. The molecule has 24 heavy (non-hydrogen) atoms. The second kappa shape index (κ2) is 7.64. The minimum Gasteiger partial charge on any atom is -0.445 e. The Bertz CT molecular complexity index is 678. The Labute approximate surface area is 145 Å². The van der Waals surface area contributed by atoms with Gasteiger partial charge in [-0.05, 0) is 30.0 Å². The lowest BCUT2D eigenvalue weighted by Crippen LogP contribution is -2.42. The van der Waals surface area contributed by atoms with E-state index in [2.05, 4.69) is 4.98 Å². The van der Waals surface area contributed by atoms with Crippen LogP contribution in [0.3, 0.4) is 0 Å². The van der Waals surface area contributed by atoms with E-state index in [4.69, 9.17) is 16.3 Å². The fourth-order valence-corrected chi connectivity index (χ4v) is 2.98. The fourth-order valence-electron chi connectivity index (χ4n) is 2.87. The van der Waals surface area contributed by atoms with E-state index < -0.39 is 6.10 Å². The van der Waals surface area contributed by atoms with Crippen LogP contribution in [0, 0.1) is 0 Å². The van der Waals surface area contributed by atoms with Crippen LogP contribution in [0.4, 0.5) is 4.79 Å². The second-order valence-corrected chi connectivity index (χ2v) is 6.23. The quantitative estimate of drug-likeness (QED) is 0.863. The second-order valence-electron chi connectivity index (χ2n) is 5.84. The normalized spacial score (nSPS) is 20.7. The van der Waals surface area contributed by atoms with E-state index in [9.17, 15) is 9.90 Å². The Hall–Kier alpha value is -2.11. The van der Waals surface area contributed by atoms with Gasteiger partial charge in [0.2, 0.25) is 0 Å². The smallest absolute Gasteiger partial charge is 0.410 e. The molecule has 2 heterocycles. The van der Waals surface area contributed by atoms with Crippen LogP contribution in [-0.2, 0) is 11.3 Å². The molecule has 0 bridgehead atoms. The van der Waals surface area contributed by atoms with Crippen molar-refractivity contribution in [1.82, 2.24) is 9.88 Å². The van der Waals surface area contributed by atoms with Gasteiger partial charge in [-0.25, -0.2) is 9.78 Å². The molecule has 1 amide bonds. The first-order chi connectivity index (χ1) is 11.6. The molecule has 1 fully saturated rings. The van der Waals surface area contributed by atoms with Crippen molar-refractivity contribution >= 4 is 17.7 Å². The van der Waals surface area contributed by atoms with E-state index in [0.717, 1.165) is 11.1 Å². The van der Waals surface area contributed by atoms with Crippen molar-refractivity contribution < 1.29 is 14.6 Å². The highest BCUT2D eigenvalue weighted by Gasteiger charge is 2.33. The van der Waals surface area contributed by atoms with Crippen LogP contribution in [0.2, 0.25) is 5.15 Å². The van der Waals surface area contributed by atoms with Crippen molar-refractivity contribution in [3.8, 4) is 0 Å². The van der Waals surface area contributed by atoms with Crippen LogP contribution in [0.1, 0.15) is 30.0 Å². The van der Waals surface area contributed by atoms with Gasteiger partial charge in [-0.3, -0.25) is 0 Å². The van der Waals surface area contributed by atoms with E-state index in [1.807, 2.05) is 36.4 Å². The van der Waals surface area contributed by atoms with Crippen LogP contribution in [0.5, 0.6) is 0 Å². The van der Waals surface area contributed by atoms with Gasteiger partial charge in [0.05, 0.1) is 12.1 Å². The lowest BCUT2D eigenvalue weighted by Gasteiger charge is -2.37. The van der Waals surface area contributed by atoms with Crippen LogP contribution < -0.4 is 0 Å². The lowest BCUT2D eigenvalue weighted by molar-refractivity contribution is 0.0258. The number of hydrogen-bond acceptors (Lipinski definition) is 4. The summed E-state index contributed by atoms with van der Waals surface area (Å²) >= 11 is 5.83. The Morgan fingerprint density at radius 1 is 1.29 bits per heavy atom. The average Bonchev–Trinajstić information content (AvgIpc) is 2.61. The Kier molecular flexibility index (Phi) is 5.33. The maximum absolute atomic E-state index is 12.5. The summed E-state index contributed by atoms with van der Waals surface area (Å²) < 4.78 is 5.44. The molecule has 1 N–H and O–H groups in total. The first-order valence-electron chi connectivity index (χ1n) is 7.90. The third kappa shape index (κ3) is 4.04. The monoisotopic (exact) mass is 346 g/mol. The summed E-state index contributed by atoms with van der Waals surface area (Å²) in [5.74, 6) is 0. The number of halogens is 1. The van der Waals surface area contributed by atoms with Crippen molar-refractivity contribution in [2.75, 3.05) is 6.54 Å². The Balaban J connectivity index is 1.71. The number of benzene rings is 1. The van der Waals surface area contributed by atoms with Crippen LogP contribution >= 0.6 is 11.6 Å².